The molecule has 0 aromatic heterocycles. The lowest BCUT2D eigenvalue weighted by Crippen LogP contribution is -2.32. The smallest absolute Gasteiger partial charge is 0.227 e. The Labute approximate surface area is 155 Å². The molecule has 0 radical (unpaired) electrons. The summed E-state index contributed by atoms with van der Waals surface area (Å²) in [7, 11) is 1.51. The summed E-state index contributed by atoms with van der Waals surface area (Å²) >= 11 is 6.11. The number of ether oxygens (including phenoxy) is 1. The number of anilines is 1. The summed E-state index contributed by atoms with van der Waals surface area (Å²) in [6.45, 7) is 0.342. The molecule has 1 unspecified atom stereocenters. The summed E-state index contributed by atoms with van der Waals surface area (Å²) in [5.41, 5.74) is 1.02. The number of benzene rings is 2. The van der Waals surface area contributed by atoms with Crippen LogP contribution in [0, 0.1) is 11.7 Å². The van der Waals surface area contributed by atoms with Gasteiger partial charge in [0.05, 0.1) is 18.1 Å². The van der Waals surface area contributed by atoms with Gasteiger partial charge < -0.3 is 15.0 Å². The molecular formula is C19H18ClFN2O3. The third-order valence-corrected chi connectivity index (χ3v) is 4.65. The molecule has 26 heavy (non-hydrogen) atoms. The third kappa shape index (κ3) is 3.80. The Balaban J connectivity index is 1.64. The van der Waals surface area contributed by atoms with Crippen molar-refractivity contribution in [3.63, 3.8) is 0 Å². The van der Waals surface area contributed by atoms with E-state index in [1.54, 1.807) is 36.4 Å². The van der Waals surface area contributed by atoms with Gasteiger partial charge in [-0.05, 0) is 24.3 Å². The molecule has 5 nitrogen and oxygen atoms in total. The van der Waals surface area contributed by atoms with Gasteiger partial charge in [0.2, 0.25) is 11.8 Å². The van der Waals surface area contributed by atoms with Crippen molar-refractivity contribution in [2.75, 3.05) is 18.6 Å². The van der Waals surface area contributed by atoms with Crippen LogP contribution in [-0.4, -0.2) is 25.5 Å². The van der Waals surface area contributed by atoms with E-state index in [-0.39, 0.29) is 37.1 Å². The molecule has 1 atom stereocenters. The van der Waals surface area contributed by atoms with E-state index in [2.05, 4.69) is 5.32 Å². The van der Waals surface area contributed by atoms with Crippen LogP contribution in [0.3, 0.4) is 0 Å². The lowest BCUT2D eigenvalue weighted by atomic mass is 10.1. The molecule has 1 aliphatic heterocycles. The number of carbonyl (C=O) groups excluding carboxylic acids is 2. The maximum Gasteiger partial charge on any atom is 0.227 e. The molecule has 7 heteroatoms. The number of rotatable bonds is 5. The van der Waals surface area contributed by atoms with Crippen molar-refractivity contribution in [2.45, 2.75) is 13.0 Å². The molecule has 1 heterocycles. The first kappa shape index (κ1) is 18.2. The fourth-order valence-electron chi connectivity index (χ4n) is 2.92. The maximum atomic E-state index is 13.6. The molecule has 1 fully saturated rings. The summed E-state index contributed by atoms with van der Waals surface area (Å²) in [4.78, 5) is 26.2. The summed E-state index contributed by atoms with van der Waals surface area (Å²) in [6, 6.07) is 11.3. The third-order valence-electron chi connectivity index (χ3n) is 4.35. The van der Waals surface area contributed by atoms with E-state index >= 15 is 0 Å². The summed E-state index contributed by atoms with van der Waals surface area (Å²) in [6.07, 6.45) is 0.104. The number of nitrogens with zero attached hydrogens (tertiary/aromatic N) is 1. The molecule has 1 N–H and O–H groups in total. The van der Waals surface area contributed by atoms with Crippen molar-refractivity contribution in [2.24, 2.45) is 5.92 Å². The summed E-state index contributed by atoms with van der Waals surface area (Å²) < 4.78 is 18.7. The fraction of sp³-hybridized carbons (Fsp3) is 0.263. The summed E-state index contributed by atoms with van der Waals surface area (Å²) in [5.74, 6) is -0.776. The second kappa shape index (κ2) is 7.74. The highest BCUT2D eigenvalue weighted by atomic mass is 35.5. The molecule has 1 aliphatic rings. The van der Waals surface area contributed by atoms with Crippen molar-refractivity contribution in [3.05, 3.63) is 58.9 Å². The number of hydrogen-bond donors (Lipinski definition) is 1. The Hall–Kier alpha value is -2.60. The zero-order valence-electron chi connectivity index (χ0n) is 14.2. The minimum Gasteiger partial charge on any atom is -0.495 e. The van der Waals surface area contributed by atoms with Crippen LogP contribution in [-0.2, 0) is 16.1 Å². The van der Waals surface area contributed by atoms with Crippen LogP contribution in [0.25, 0.3) is 0 Å². The Kier molecular flexibility index (Phi) is 5.42. The first-order valence-corrected chi connectivity index (χ1v) is 8.52. The number of methoxy groups -OCH3 is 1. The first-order chi connectivity index (χ1) is 12.5. The molecule has 0 bridgehead atoms. The van der Waals surface area contributed by atoms with Gasteiger partial charge in [-0.15, -0.1) is 0 Å². The van der Waals surface area contributed by atoms with Crippen molar-refractivity contribution in [1.29, 1.82) is 0 Å². The van der Waals surface area contributed by atoms with Gasteiger partial charge in [0.25, 0.3) is 0 Å². The van der Waals surface area contributed by atoms with Gasteiger partial charge in [0.15, 0.2) is 0 Å². The topological polar surface area (TPSA) is 58.6 Å². The summed E-state index contributed by atoms with van der Waals surface area (Å²) in [5, 5.41) is 3.09. The molecule has 3 rings (SSSR count). The van der Waals surface area contributed by atoms with Gasteiger partial charge >= 0.3 is 0 Å². The number of carbonyl (C=O) groups is 2. The average molecular weight is 377 g/mol. The van der Waals surface area contributed by atoms with E-state index in [0.717, 1.165) is 0 Å². The van der Waals surface area contributed by atoms with Crippen molar-refractivity contribution in [1.82, 2.24) is 5.32 Å². The number of amides is 2. The van der Waals surface area contributed by atoms with Crippen LogP contribution in [0.1, 0.15) is 12.0 Å². The molecule has 1 saturated heterocycles. The lowest BCUT2D eigenvalue weighted by Gasteiger charge is -2.18. The van der Waals surface area contributed by atoms with Crippen LogP contribution in [0.2, 0.25) is 5.02 Å². The molecule has 2 amide bonds. The SMILES string of the molecule is COc1ccc(N2CC(C(=O)NCc3ccccc3F)CC2=O)cc1Cl. The molecule has 2 aromatic carbocycles. The number of halogens is 2. The van der Waals surface area contributed by atoms with Gasteiger partial charge in [0, 0.05) is 30.8 Å². The van der Waals surface area contributed by atoms with E-state index in [4.69, 9.17) is 16.3 Å². The van der Waals surface area contributed by atoms with Crippen molar-refractivity contribution >= 4 is 29.1 Å². The normalized spacial score (nSPS) is 16.7. The van der Waals surface area contributed by atoms with Crippen LogP contribution < -0.4 is 15.0 Å². The Morgan fingerprint density at radius 2 is 2.12 bits per heavy atom. The maximum absolute atomic E-state index is 13.6. The van der Waals surface area contributed by atoms with Crippen LogP contribution in [0.15, 0.2) is 42.5 Å². The molecule has 2 aromatic rings. The van der Waals surface area contributed by atoms with E-state index in [0.29, 0.717) is 22.0 Å². The second-order valence-electron chi connectivity index (χ2n) is 6.03. The zero-order chi connectivity index (χ0) is 18.7. The highest BCUT2D eigenvalue weighted by Gasteiger charge is 2.35. The predicted molar refractivity (Wildman–Crippen MR) is 96.7 cm³/mol. The molecule has 136 valence electrons. The van der Waals surface area contributed by atoms with Gasteiger partial charge in [-0.25, -0.2) is 4.39 Å². The minimum absolute atomic E-state index is 0.0879. The molecular weight excluding hydrogens is 359 g/mol. The largest absolute Gasteiger partial charge is 0.495 e. The van der Waals surface area contributed by atoms with E-state index in [1.807, 2.05) is 0 Å². The number of hydrogen-bond acceptors (Lipinski definition) is 3. The Morgan fingerprint density at radius 3 is 2.81 bits per heavy atom. The molecule has 0 aliphatic carbocycles. The average Bonchev–Trinajstić information content (AvgIpc) is 3.02. The second-order valence-corrected chi connectivity index (χ2v) is 6.44. The van der Waals surface area contributed by atoms with Crippen molar-refractivity contribution < 1.29 is 18.7 Å². The Bertz CT molecular complexity index is 843. The van der Waals surface area contributed by atoms with Crippen LogP contribution in [0.5, 0.6) is 5.75 Å². The molecule has 0 saturated carbocycles. The highest BCUT2D eigenvalue weighted by molar-refractivity contribution is 6.32. The van der Waals surface area contributed by atoms with E-state index in [9.17, 15) is 14.0 Å². The van der Waals surface area contributed by atoms with Crippen molar-refractivity contribution in [3.8, 4) is 5.75 Å². The van der Waals surface area contributed by atoms with Crippen LogP contribution in [0.4, 0.5) is 10.1 Å². The Morgan fingerprint density at radius 1 is 1.35 bits per heavy atom. The van der Waals surface area contributed by atoms with Crippen LogP contribution >= 0.6 is 11.6 Å². The molecule has 0 spiro atoms. The predicted octanol–water partition coefficient (Wildman–Crippen LogP) is 3.16. The van der Waals surface area contributed by atoms with Gasteiger partial charge in [0.1, 0.15) is 11.6 Å². The van der Waals surface area contributed by atoms with E-state index < -0.39 is 5.92 Å². The quantitative estimate of drug-likeness (QED) is 0.872. The zero-order valence-corrected chi connectivity index (χ0v) is 14.9. The lowest BCUT2D eigenvalue weighted by molar-refractivity contribution is -0.126. The standard InChI is InChI=1S/C19H18ClFN2O3/c1-26-17-7-6-14(9-15(17)20)23-11-13(8-18(23)24)19(25)22-10-12-4-2-3-5-16(12)21/h2-7,9,13H,8,10-11H2,1H3,(H,22,25). The number of nitrogens with one attached hydrogen (secondary N) is 1. The fourth-order valence-corrected chi connectivity index (χ4v) is 3.18. The first-order valence-electron chi connectivity index (χ1n) is 8.14. The highest BCUT2D eigenvalue weighted by Crippen LogP contribution is 2.32. The van der Waals surface area contributed by atoms with Gasteiger partial charge in [-0.3, -0.25) is 9.59 Å². The van der Waals surface area contributed by atoms with E-state index in [1.165, 1.54) is 18.1 Å². The van der Waals surface area contributed by atoms with Gasteiger partial charge in [-0.2, -0.15) is 0 Å². The van der Waals surface area contributed by atoms with Gasteiger partial charge in [-0.1, -0.05) is 29.8 Å². The minimum atomic E-state index is -0.491. The monoisotopic (exact) mass is 376 g/mol.